The van der Waals surface area contributed by atoms with Crippen LogP contribution in [0.1, 0.15) is 58.2 Å². The lowest BCUT2D eigenvalue weighted by molar-refractivity contribution is -0.116. The van der Waals surface area contributed by atoms with Gasteiger partial charge in [0.1, 0.15) is 29.7 Å². The number of likely N-dealkylation sites (tertiary alicyclic amines) is 1. The second kappa shape index (κ2) is 13.9. The van der Waals surface area contributed by atoms with E-state index in [1.165, 1.54) is 6.92 Å². The largest absolute Gasteiger partial charge is 0.462 e. The Labute approximate surface area is 281 Å². The van der Waals surface area contributed by atoms with Gasteiger partial charge in [-0.2, -0.15) is 20.1 Å². The summed E-state index contributed by atoms with van der Waals surface area (Å²) in [5.74, 6) is 1.22. The Morgan fingerprint density at radius 2 is 1.92 bits per heavy atom. The van der Waals surface area contributed by atoms with Crippen molar-refractivity contribution in [1.29, 1.82) is 5.26 Å². The number of rotatable bonds is 7. The summed E-state index contributed by atoms with van der Waals surface area (Å²) in [6, 6.07) is 12.6. The number of imide groups is 1. The molecule has 5 heterocycles. The lowest BCUT2D eigenvalue weighted by Crippen LogP contribution is -2.51. The second-order valence-electron chi connectivity index (χ2n) is 13.8. The Morgan fingerprint density at radius 3 is 2.65 bits per heavy atom. The van der Waals surface area contributed by atoms with Crippen LogP contribution in [-0.4, -0.2) is 95.9 Å². The highest BCUT2D eigenvalue weighted by Gasteiger charge is 2.32. The maximum absolute atomic E-state index is 13.2. The average molecular weight is 656 g/mol. The van der Waals surface area contributed by atoms with Crippen molar-refractivity contribution in [2.75, 3.05) is 61.1 Å². The van der Waals surface area contributed by atoms with Gasteiger partial charge in [-0.25, -0.2) is 9.78 Å². The third kappa shape index (κ3) is 7.29. The molecule has 2 aromatic heterocycles. The summed E-state index contributed by atoms with van der Waals surface area (Å²) in [6.45, 7) is 11.4. The molecule has 48 heavy (non-hydrogen) atoms. The summed E-state index contributed by atoms with van der Waals surface area (Å²) in [5, 5.41) is 14.6. The summed E-state index contributed by atoms with van der Waals surface area (Å²) >= 11 is 0. The lowest BCUT2D eigenvalue weighted by Gasteiger charge is -2.37. The van der Waals surface area contributed by atoms with E-state index in [0.29, 0.717) is 57.0 Å². The smallest absolute Gasteiger partial charge is 0.422 e. The predicted molar refractivity (Wildman–Crippen MR) is 183 cm³/mol. The van der Waals surface area contributed by atoms with Gasteiger partial charge in [0, 0.05) is 56.1 Å². The zero-order valence-electron chi connectivity index (χ0n) is 28.5. The number of ether oxygens (including phenoxy) is 2. The van der Waals surface area contributed by atoms with Gasteiger partial charge in [-0.05, 0) is 65.1 Å². The number of aromatic nitrogens is 3. The highest BCUT2D eigenvalue weighted by molar-refractivity contribution is 6.12. The molecule has 0 bridgehead atoms. The van der Waals surface area contributed by atoms with Gasteiger partial charge in [0.05, 0.1) is 24.7 Å². The predicted octanol–water partition coefficient (Wildman–Crippen LogP) is 4.04. The molecule has 0 spiro atoms. The molecule has 2 atom stereocenters. The average Bonchev–Trinajstić information content (AvgIpc) is 3.46. The molecule has 3 aromatic rings. The van der Waals surface area contributed by atoms with E-state index in [4.69, 9.17) is 24.4 Å². The van der Waals surface area contributed by atoms with E-state index in [1.807, 2.05) is 24.3 Å². The zero-order valence-corrected chi connectivity index (χ0v) is 28.5. The second-order valence-corrected chi connectivity index (χ2v) is 13.8. The molecule has 13 nitrogen and oxygen atoms in total. The first-order valence-electron chi connectivity index (χ1n) is 16.8. The van der Waals surface area contributed by atoms with Crippen LogP contribution in [0.5, 0.6) is 6.01 Å². The van der Waals surface area contributed by atoms with Crippen LogP contribution < -0.4 is 24.8 Å². The number of hydrogen-bond acceptors (Lipinski definition) is 12. The summed E-state index contributed by atoms with van der Waals surface area (Å²) in [5.41, 5.74) is 1.13. The van der Waals surface area contributed by atoms with Crippen LogP contribution in [0.3, 0.4) is 0 Å². The minimum absolute atomic E-state index is 0.0541. The fourth-order valence-electron chi connectivity index (χ4n) is 6.73. The van der Waals surface area contributed by atoms with Crippen molar-refractivity contribution in [2.24, 2.45) is 0 Å². The molecule has 0 radical (unpaired) electrons. The molecular weight excluding hydrogens is 610 g/mol. The fraction of sp³-hybridized carbons (Fsp3) is 0.543. The summed E-state index contributed by atoms with van der Waals surface area (Å²) in [4.78, 5) is 48.6. The van der Waals surface area contributed by atoms with Crippen LogP contribution >= 0.6 is 0 Å². The van der Waals surface area contributed by atoms with Crippen LogP contribution in [0, 0.1) is 11.3 Å². The molecule has 1 N–H and O–H groups in total. The molecule has 254 valence electrons. The molecule has 3 aliphatic rings. The highest BCUT2D eigenvalue weighted by Crippen LogP contribution is 2.35. The zero-order chi connectivity index (χ0) is 34.0. The monoisotopic (exact) mass is 655 g/mol. The normalized spacial score (nSPS) is 19.9. The van der Waals surface area contributed by atoms with E-state index in [2.05, 4.69) is 33.1 Å². The van der Waals surface area contributed by atoms with E-state index in [1.54, 1.807) is 26.8 Å². The van der Waals surface area contributed by atoms with Gasteiger partial charge < -0.3 is 29.5 Å². The number of carbonyl (C=O) groups is 2. The molecule has 2 saturated heterocycles. The molecule has 2 fully saturated rings. The van der Waals surface area contributed by atoms with Crippen molar-refractivity contribution >= 4 is 40.2 Å². The number of benzene rings is 1. The number of likely N-dealkylation sites (N-methyl/N-ethyl adjacent to an activating group) is 1. The van der Waals surface area contributed by atoms with Crippen LogP contribution in [0.15, 0.2) is 30.3 Å². The Morgan fingerprint density at radius 1 is 1.10 bits per heavy atom. The number of nitrogens with zero attached hydrogens (tertiary/aromatic N) is 8. The molecule has 0 saturated carbocycles. The van der Waals surface area contributed by atoms with Gasteiger partial charge in [-0.3, -0.25) is 4.79 Å². The first-order chi connectivity index (χ1) is 23.0. The maximum Gasteiger partial charge on any atom is 0.422 e. The van der Waals surface area contributed by atoms with Crippen LogP contribution in [0.25, 0.3) is 10.8 Å². The van der Waals surface area contributed by atoms with Gasteiger partial charge >= 0.3 is 12.1 Å². The number of anilines is 3. The third-order valence-electron chi connectivity index (χ3n) is 9.12. The summed E-state index contributed by atoms with van der Waals surface area (Å²) in [6.07, 6.45) is 2.53. The van der Waals surface area contributed by atoms with Crippen LogP contribution in [0.4, 0.5) is 22.2 Å². The van der Waals surface area contributed by atoms with E-state index >= 15 is 0 Å². The van der Waals surface area contributed by atoms with Crippen molar-refractivity contribution in [3.05, 3.63) is 41.6 Å². The molecule has 2 amide bonds. The molecule has 0 unspecified atom stereocenters. The van der Waals surface area contributed by atoms with Gasteiger partial charge in [0.25, 0.3) is 0 Å². The number of amides is 2. The summed E-state index contributed by atoms with van der Waals surface area (Å²) in [7, 11) is 2.12. The molecule has 6 rings (SSSR count). The SMILES string of the molecule is CC(=O)N(C(=O)OC(C)(C)C)c1cc2ccccc2c(N2CCc3c(nc(OC[C@@H]4CCCN4C)nc3N3CCN[C@@H](CC#N)C3)C2)n1. The van der Waals surface area contributed by atoms with Crippen molar-refractivity contribution < 1.29 is 19.1 Å². The number of nitrogens with one attached hydrogen (secondary N) is 1. The molecule has 3 aliphatic heterocycles. The lowest BCUT2D eigenvalue weighted by atomic mass is 10.0. The highest BCUT2D eigenvalue weighted by atomic mass is 16.6. The van der Waals surface area contributed by atoms with Gasteiger partial charge in [-0.15, -0.1) is 0 Å². The molecule has 13 heteroatoms. The topological polar surface area (TPSA) is 140 Å². The van der Waals surface area contributed by atoms with E-state index < -0.39 is 17.6 Å². The maximum atomic E-state index is 13.2. The third-order valence-corrected chi connectivity index (χ3v) is 9.12. The Bertz CT molecular complexity index is 1720. The fourth-order valence-corrected chi connectivity index (χ4v) is 6.73. The van der Waals surface area contributed by atoms with Gasteiger partial charge in [-0.1, -0.05) is 24.3 Å². The Kier molecular flexibility index (Phi) is 9.66. The number of hydrogen-bond donors (Lipinski definition) is 1. The number of carbonyl (C=O) groups excluding carboxylic acids is 2. The van der Waals surface area contributed by atoms with Crippen molar-refractivity contribution in [2.45, 2.75) is 77.6 Å². The van der Waals surface area contributed by atoms with E-state index in [-0.39, 0.29) is 11.9 Å². The summed E-state index contributed by atoms with van der Waals surface area (Å²) < 4.78 is 11.9. The van der Waals surface area contributed by atoms with Crippen molar-refractivity contribution in [3.63, 3.8) is 0 Å². The number of fused-ring (bicyclic) bond motifs is 2. The number of nitriles is 1. The molecule has 0 aliphatic carbocycles. The van der Waals surface area contributed by atoms with E-state index in [0.717, 1.165) is 65.2 Å². The van der Waals surface area contributed by atoms with Crippen molar-refractivity contribution in [3.8, 4) is 12.1 Å². The van der Waals surface area contributed by atoms with Gasteiger partial charge in [0.2, 0.25) is 5.91 Å². The first-order valence-corrected chi connectivity index (χ1v) is 16.8. The van der Waals surface area contributed by atoms with Gasteiger partial charge in [0.15, 0.2) is 0 Å². The van der Waals surface area contributed by atoms with Crippen LogP contribution in [0.2, 0.25) is 0 Å². The van der Waals surface area contributed by atoms with Crippen LogP contribution in [-0.2, 0) is 22.5 Å². The standard InChI is InChI=1S/C35H45N9O4/c1-23(45)44(34(46)48-35(2,3)4)30-19-24-9-6-7-11-27(24)31(39-30)42-17-13-28-29(21-42)38-33(47-22-26-10-8-16-41(26)5)40-32(28)43-18-15-37-25(20-43)12-14-36/h6-7,9,11,19,25-26,37H,8,10,12-13,15-18,20-22H2,1-5H3/t25-,26-/m0/s1. The molecular formula is C35H45N9O4. The molecule has 1 aromatic carbocycles. The van der Waals surface area contributed by atoms with Crippen molar-refractivity contribution in [1.82, 2.24) is 25.2 Å². The number of piperazine rings is 1. The minimum Gasteiger partial charge on any atom is -0.462 e. The Hall–Kier alpha value is -4.54. The Balaban J connectivity index is 1.37. The first kappa shape index (κ1) is 33.4. The number of pyridine rings is 1. The van der Waals surface area contributed by atoms with E-state index in [9.17, 15) is 14.9 Å². The quantitative estimate of drug-likeness (QED) is 0.393. The minimum atomic E-state index is -0.787.